The molecule has 4 atom stereocenters. The predicted molar refractivity (Wildman–Crippen MR) is 115 cm³/mol. The standard InChI is InChI=1S/C19H36N6O7/c1-11(22)16(28)23-12(6-2-4-8-20)17(29)24-13(7-3-5-9-21)18(30)25-14(19(31)32)10-15(26)27/h11-14H,2-10,20-22H2,1H3,(H,23,28)(H,24,29)(H,25,30)(H,26,27)(H,31,32). The summed E-state index contributed by atoms with van der Waals surface area (Å²) in [4.78, 5) is 59.6. The van der Waals surface area contributed by atoms with Gasteiger partial charge in [-0.2, -0.15) is 0 Å². The number of unbranched alkanes of at least 4 members (excludes halogenated alkanes) is 2. The number of hydrogen-bond donors (Lipinski definition) is 8. The maximum atomic E-state index is 12.8. The van der Waals surface area contributed by atoms with Crippen molar-refractivity contribution in [2.45, 2.75) is 76.0 Å². The van der Waals surface area contributed by atoms with Gasteiger partial charge in [0.05, 0.1) is 12.5 Å². The number of nitrogens with one attached hydrogen (secondary N) is 3. The summed E-state index contributed by atoms with van der Waals surface area (Å²) in [5.74, 6) is -4.96. The first-order valence-corrected chi connectivity index (χ1v) is 10.5. The quantitative estimate of drug-likeness (QED) is 0.107. The van der Waals surface area contributed by atoms with Gasteiger partial charge in [-0.15, -0.1) is 0 Å². The molecule has 0 radical (unpaired) electrons. The topological polar surface area (TPSA) is 240 Å². The SMILES string of the molecule is CC(N)C(=O)NC(CCCCN)C(=O)NC(CCCCN)C(=O)NC(CC(=O)O)C(=O)O. The van der Waals surface area contributed by atoms with Crippen LogP contribution >= 0.6 is 0 Å². The Labute approximate surface area is 186 Å². The highest BCUT2D eigenvalue weighted by atomic mass is 16.4. The van der Waals surface area contributed by atoms with Crippen LogP contribution in [-0.4, -0.2) is 77.1 Å². The number of nitrogens with two attached hydrogens (primary N) is 3. The number of rotatable bonds is 17. The first kappa shape index (κ1) is 29.2. The van der Waals surface area contributed by atoms with E-state index in [2.05, 4.69) is 16.0 Å². The Morgan fingerprint density at radius 2 is 1.12 bits per heavy atom. The summed E-state index contributed by atoms with van der Waals surface area (Å²) < 4.78 is 0. The minimum Gasteiger partial charge on any atom is -0.481 e. The van der Waals surface area contributed by atoms with E-state index in [1.807, 2.05) is 0 Å². The highest BCUT2D eigenvalue weighted by Gasteiger charge is 2.30. The van der Waals surface area contributed by atoms with Gasteiger partial charge in [0.25, 0.3) is 0 Å². The monoisotopic (exact) mass is 460 g/mol. The highest BCUT2D eigenvalue weighted by molar-refractivity contribution is 5.94. The average molecular weight is 461 g/mol. The molecule has 0 aliphatic heterocycles. The second-order valence-corrected chi connectivity index (χ2v) is 7.48. The van der Waals surface area contributed by atoms with E-state index < -0.39 is 60.2 Å². The number of carboxylic acid groups (broad SMARTS) is 2. The third-order valence-electron chi connectivity index (χ3n) is 4.57. The summed E-state index contributed by atoms with van der Waals surface area (Å²) >= 11 is 0. The molecule has 13 nitrogen and oxygen atoms in total. The van der Waals surface area contributed by atoms with E-state index >= 15 is 0 Å². The molecular formula is C19H36N6O7. The third-order valence-corrected chi connectivity index (χ3v) is 4.57. The van der Waals surface area contributed by atoms with Gasteiger partial charge in [-0.05, 0) is 58.5 Å². The van der Waals surface area contributed by atoms with Crippen LogP contribution in [0.1, 0.15) is 51.9 Å². The van der Waals surface area contributed by atoms with Crippen molar-refractivity contribution in [3.05, 3.63) is 0 Å². The number of carboxylic acids is 2. The zero-order valence-corrected chi connectivity index (χ0v) is 18.3. The molecule has 0 bridgehead atoms. The molecule has 0 saturated carbocycles. The summed E-state index contributed by atoms with van der Waals surface area (Å²) in [5.41, 5.74) is 16.5. The van der Waals surface area contributed by atoms with Crippen molar-refractivity contribution in [3.8, 4) is 0 Å². The van der Waals surface area contributed by atoms with Gasteiger partial charge in [-0.3, -0.25) is 19.2 Å². The van der Waals surface area contributed by atoms with Crippen molar-refractivity contribution in [2.75, 3.05) is 13.1 Å². The molecule has 0 aromatic carbocycles. The lowest BCUT2D eigenvalue weighted by Crippen LogP contribution is -2.57. The van der Waals surface area contributed by atoms with Gasteiger partial charge >= 0.3 is 11.9 Å². The van der Waals surface area contributed by atoms with Crippen LogP contribution in [0.15, 0.2) is 0 Å². The maximum absolute atomic E-state index is 12.8. The predicted octanol–water partition coefficient (Wildman–Crippen LogP) is -2.39. The van der Waals surface area contributed by atoms with Crippen molar-refractivity contribution in [2.24, 2.45) is 17.2 Å². The lowest BCUT2D eigenvalue weighted by Gasteiger charge is -2.25. The molecule has 0 aromatic rings. The van der Waals surface area contributed by atoms with Crippen molar-refractivity contribution in [1.82, 2.24) is 16.0 Å². The van der Waals surface area contributed by atoms with Crippen molar-refractivity contribution >= 4 is 29.7 Å². The molecule has 0 aromatic heterocycles. The Kier molecular flexibility index (Phi) is 14.6. The first-order valence-electron chi connectivity index (χ1n) is 10.5. The van der Waals surface area contributed by atoms with E-state index in [0.717, 1.165) is 0 Å². The van der Waals surface area contributed by atoms with Gasteiger partial charge in [-0.25, -0.2) is 4.79 Å². The summed E-state index contributed by atoms with van der Waals surface area (Å²) in [5, 5.41) is 25.2. The van der Waals surface area contributed by atoms with E-state index in [1.165, 1.54) is 6.92 Å². The second-order valence-electron chi connectivity index (χ2n) is 7.48. The van der Waals surface area contributed by atoms with E-state index in [-0.39, 0.29) is 12.8 Å². The van der Waals surface area contributed by atoms with Crippen LogP contribution in [0.5, 0.6) is 0 Å². The molecule has 0 heterocycles. The van der Waals surface area contributed by atoms with Crippen LogP contribution in [0.4, 0.5) is 0 Å². The lowest BCUT2D eigenvalue weighted by molar-refractivity contribution is -0.147. The summed E-state index contributed by atoms with van der Waals surface area (Å²) in [6.07, 6.45) is 1.75. The average Bonchev–Trinajstić information content (AvgIpc) is 2.71. The molecule has 3 amide bonds. The van der Waals surface area contributed by atoms with E-state index in [9.17, 15) is 24.0 Å². The van der Waals surface area contributed by atoms with Crippen LogP contribution < -0.4 is 33.2 Å². The van der Waals surface area contributed by atoms with Gasteiger partial charge in [0, 0.05) is 0 Å². The largest absolute Gasteiger partial charge is 0.481 e. The smallest absolute Gasteiger partial charge is 0.326 e. The molecule has 0 spiro atoms. The van der Waals surface area contributed by atoms with E-state index in [1.54, 1.807) is 0 Å². The molecule has 11 N–H and O–H groups in total. The molecule has 184 valence electrons. The molecule has 0 fully saturated rings. The summed E-state index contributed by atoms with van der Waals surface area (Å²) in [7, 11) is 0. The van der Waals surface area contributed by atoms with E-state index in [4.69, 9.17) is 27.4 Å². The fourth-order valence-corrected chi connectivity index (χ4v) is 2.75. The van der Waals surface area contributed by atoms with Crippen LogP contribution in [0, 0.1) is 0 Å². The Morgan fingerprint density at radius 3 is 1.47 bits per heavy atom. The number of carbonyl (C=O) groups is 5. The van der Waals surface area contributed by atoms with E-state index in [0.29, 0.717) is 38.8 Å². The summed E-state index contributed by atoms with van der Waals surface area (Å²) in [6, 6.07) is -4.63. The molecule has 13 heteroatoms. The Morgan fingerprint density at radius 1 is 0.719 bits per heavy atom. The van der Waals surface area contributed by atoms with Gasteiger partial charge in [-0.1, -0.05) is 0 Å². The van der Waals surface area contributed by atoms with Gasteiger partial charge < -0.3 is 43.4 Å². The molecule has 0 aliphatic rings. The molecule has 0 rings (SSSR count). The second kappa shape index (κ2) is 15.9. The number of amides is 3. The third kappa shape index (κ3) is 12.2. The molecule has 32 heavy (non-hydrogen) atoms. The Balaban J connectivity index is 5.42. The fraction of sp³-hybridized carbons (Fsp3) is 0.737. The molecule has 0 aliphatic carbocycles. The first-order chi connectivity index (χ1) is 15.0. The normalized spacial score (nSPS) is 14.5. The van der Waals surface area contributed by atoms with Gasteiger partial charge in [0.1, 0.15) is 18.1 Å². The van der Waals surface area contributed by atoms with Crippen LogP contribution in [0.3, 0.4) is 0 Å². The van der Waals surface area contributed by atoms with Crippen LogP contribution in [-0.2, 0) is 24.0 Å². The molecule has 4 unspecified atom stereocenters. The number of carbonyl (C=O) groups excluding carboxylic acids is 3. The fourth-order valence-electron chi connectivity index (χ4n) is 2.75. The molecule has 0 saturated heterocycles. The highest BCUT2D eigenvalue weighted by Crippen LogP contribution is 2.06. The Bertz CT molecular complexity index is 644. The number of hydrogen-bond acceptors (Lipinski definition) is 8. The summed E-state index contributed by atoms with van der Waals surface area (Å²) in [6.45, 7) is 2.22. The van der Waals surface area contributed by atoms with Crippen molar-refractivity contribution in [3.63, 3.8) is 0 Å². The van der Waals surface area contributed by atoms with Crippen molar-refractivity contribution < 1.29 is 34.2 Å². The zero-order valence-electron chi connectivity index (χ0n) is 18.3. The number of aliphatic carboxylic acids is 2. The Hall–Kier alpha value is -2.77. The zero-order chi connectivity index (χ0) is 24.7. The van der Waals surface area contributed by atoms with Crippen LogP contribution in [0.25, 0.3) is 0 Å². The van der Waals surface area contributed by atoms with Crippen LogP contribution in [0.2, 0.25) is 0 Å². The molecular weight excluding hydrogens is 424 g/mol. The van der Waals surface area contributed by atoms with Crippen molar-refractivity contribution in [1.29, 1.82) is 0 Å². The minimum atomic E-state index is -1.66. The lowest BCUT2D eigenvalue weighted by atomic mass is 10.0. The van der Waals surface area contributed by atoms with Gasteiger partial charge in [0.2, 0.25) is 17.7 Å². The maximum Gasteiger partial charge on any atom is 0.326 e. The minimum absolute atomic E-state index is 0.144. The van der Waals surface area contributed by atoms with Gasteiger partial charge in [0.15, 0.2) is 0 Å².